The molecule has 2 unspecified atom stereocenters. The average molecular weight is 309 g/mol. The van der Waals surface area contributed by atoms with Crippen LogP contribution in [0.25, 0.3) is 0 Å². The highest BCUT2D eigenvalue weighted by Gasteiger charge is 2.35. The van der Waals surface area contributed by atoms with Gasteiger partial charge in [-0.05, 0) is 44.0 Å². The number of fused-ring (bicyclic) bond motifs is 1. The highest BCUT2D eigenvalue weighted by molar-refractivity contribution is 9.10. The summed E-state index contributed by atoms with van der Waals surface area (Å²) in [6, 6.07) is 10.2. The maximum Gasteiger partial charge on any atom is 0.0415 e. The van der Waals surface area contributed by atoms with Crippen molar-refractivity contribution in [3.63, 3.8) is 0 Å². The Kier molecular flexibility index (Phi) is 3.62. The highest BCUT2D eigenvalue weighted by atomic mass is 79.9. The Morgan fingerprint density at radius 2 is 2.22 bits per heavy atom. The molecule has 0 N–H and O–H groups in total. The van der Waals surface area contributed by atoms with Gasteiger partial charge < -0.3 is 4.90 Å². The number of benzene rings is 1. The molecule has 1 aromatic carbocycles. The number of anilines is 1. The molecule has 2 nitrogen and oxygen atoms in total. The molecule has 2 aliphatic rings. The molecule has 0 aromatic heterocycles. The van der Waals surface area contributed by atoms with Gasteiger partial charge in [-0.3, -0.25) is 4.90 Å². The minimum absolute atomic E-state index is 0.675. The van der Waals surface area contributed by atoms with Crippen LogP contribution in [0.4, 0.5) is 5.69 Å². The van der Waals surface area contributed by atoms with Crippen LogP contribution in [-0.2, 0) is 0 Å². The minimum atomic E-state index is 0.675. The average Bonchev–Trinajstić information content (AvgIpc) is 2.84. The Balaban J connectivity index is 1.85. The molecule has 18 heavy (non-hydrogen) atoms. The summed E-state index contributed by atoms with van der Waals surface area (Å²) in [4.78, 5) is 5.32. The fourth-order valence-corrected chi connectivity index (χ4v) is 3.80. The first kappa shape index (κ1) is 12.5. The van der Waals surface area contributed by atoms with Gasteiger partial charge in [0.05, 0.1) is 0 Å². The van der Waals surface area contributed by atoms with Crippen molar-refractivity contribution in [3.05, 3.63) is 28.7 Å². The summed E-state index contributed by atoms with van der Waals surface area (Å²) in [5.41, 5.74) is 1.38. The second-order valence-electron chi connectivity index (χ2n) is 5.49. The van der Waals surface area contributed by atoms with Crippen molar-refractivity contribution in [1.29, 1.82) is 0 Å². The smallest absolute Gasteiger partial charge is 0.0415 e. The predicted molar refractivity (Wildman–Crippen MR) is 80.2 cm³/mol. The molecule has 0 aliphatic carbocycles. The standard InChI is InChI=1S/C15H21BrN2/c1-2-13-10-17-8-4-7-15(17)11-18(13)14-6-3-5-12(16)9-14/h3,5-6,9,13,15H,2,4,7-8,10-11H2,1H3. The first-order valence-corrected chi connectivity index (χ1v) is 7.83. The zero-order chi connectivity index (χ0) is 12.5. The van der Waals surface area contributed by atoms with E-state index in [1.165, 1.54) is 49.1 Å². The van der Waals surface area contributed by atoms with Gasteiger partial charge in [0.15, 0.2) is 0 Å². The first-order chi connectivity index (χ1) is 8.78. The minimum Gasteiger partial charge on any atom is -0.366 e. The van der Waals surface area contributed by atoms with E-state index in [-0.39, 0.29) is 0 Å². The fraction of sp³-hybridized carbons (Fsp3) is 0.600. The maximum atomic E-state index is 3.59. The van der Waals surface area contributed by atoms with Crippen LogP contribution in [0.2, 0.25) is 0 Å². The summed E-state index contributed by atoms with van der Waals surface area (Å²) < 4.78 is 1.18. The third kappa shape index (κ3) is 2.30. The SMILES string of the molecule is CCC1CN2CCCC2CN1c1cccc(Br)c1. The van der Waals surface area contributed by atoms with Gasteiger partial charge in [-0.1, -0.05) is 28.9 Å². The lowest BCUT2D eigenvalue weighted by molar-refractivity contribution is 0.195. The highest BCUT2D eigenvalue weighted by Crippen LogP contribution is 2.30. The van der Waals surface area contributed by atoms with Crippen molar-refractivity contribution in [2.75, 3.05) is 24.5 Å². The molecule has 2 heterocycles. The molecule has 2 atom stereocenters. The van der Waals surface area contributed by atoms with Crippen LogP contribution in [-0.4, -0.2) is 36.6 Å². The monoisotopic (exact) mass is 308 g/mol. The van der Waals surface area contributed by atoms with E-state index in [9.17, 15) is 0 Å². The van der Waals surface area contributed by atoms with Gasteiger partial charge in [0.25, 0.3) is 0 Å². The van der Waals surface area contributed by atoms with E-state index in [1.54, 1.807) is 0 Å². The number of nitrogens with zero attached hydrogens (tertiary/aromatic N) is 2. The number of piperazine rings is 1. The van der Waals surface area contributed by atoms with Gasteiger partial charge in [-0.15, -0.1) is 0 Å². The summed E-state index contributed by atoms with van der Waals surface area (Å²) in [7, 11) is 0. The molecule has 2 aliphatic heterocycles. The lowest BCUT2D eigenvalue weighted by atomic mass is 10.0. The normalized spacial score (nSPS) is 28.4. The second-order valence-corrected chi connectivity index (χ2v) is 6.40. The van der Waals surface area contributed by atoms with E-state index in [2.05, 4.69) is 56.9 Å². The first-order valence-electron chi connectivity index (χ1n) is 7.04. The Labute approximate surface area is 118 Å². The van der Waals surface area contributed by atoms with Gasteiger partial charge in [0, 0.05) is 35.3 Å². The third-order valence-electron chi connectivity index (χ3n) is 4.40. The van der Waals surface area contributed by atoms with Crippen LogP contribution in [0, 0.1) is 0 Å². The van der Waals surface area contributed by atoms with Crippen LogP contribution in [0.15, 0.2) is 28.7 Å². The van der Waals surface area contributed by atoms with E-state index < -0.39 is 0 Å². The summed E-state index contributed by atoms with van der Waals surface area (Å²) in [6.45, 7) is 6.07. The zero-order valence-corrected chi connectivity index (χ0v) is 12.6. The summed E-state index contributed by atoms with van der Waals surface area (Å²) in [5.74, 6) is 0. The number of rotatable bonds is 2. The molecule has 98 valence electrons. The molecule has 0 amide bonds. The van der Waals surface area contributed by atoms with E-state index in [1.807, 2.05) is 0 Å². The van der Waals surface area contributed by atoms with Crippen molar-refractivity contribution >= 4 is 21.6 Å². The third-order valence-corrected chi connectivity index (χ3v) is 4.90. The zero-order valence-electron chi connectivity index (χ0n) is 11.0. The Morgan fingerprint density at radius 3 is 3.00 bits per heavy atom. The Bertz CT molecular complexity index is 421. The van der Waals surface area contributed by atoms with E-state index in [0.29, 0.717) is 6.04 Å². The topological polar surface area (TPSA) is 6.48 Å². The number of hydrogen-bond acceptors (Lipinski definition) is 2. The van der Waals surface area contributed by atoms with Crippen molar-refractivity contribution < 1.29 is 0 Å². The largest absolute Gasteiger partial charge is 0.366 e. The van der Waals surface area contributed by atoms with Crippen molar-refractivity contribution in [3.8, 4) is 0 Å². The molecule has 0 saturated carbocycles. The van der Waals surface area contributed by atoms with E-state index in [4.69, 9.17) is 0 Å². The van der Waals surface area contributed by atoms with Crippen LogP contribution in [0.1, 0.15) is 26.2 Å². The van der Waals surface area contributed by atoms with Crippen molar-refractivity contribution in [2.45, 2.75) is 38.3 Å². The second kappa shape index (κ2) is 5.22. The number of hydrogen-bond donors (Lipinski definition) is 0. The lowest BCUT2D eigenvalue weighted by Gasteiger charge is -2.45. The molecule has 1 aromatic rings. The van der Waals surface area contributed by atoms with Gasteiger partial charge in [-0.25, -0.2) is 0 Å². The van der Waals surface area contributed by atoms with Gasteiger partial charge >= 0.3 is 0 Å². The van der Waals surface area contributed by atoms with Crippen LogP contribution in [0.3, 0.4) is 0 Å². The molecule has 2 saturated heterocycles. The van der Waals surface area contributed by atoms with Crippen LogP contribution >= 0.6 is 15.9 Å². The van der Waals surface area contributed by atoms with E-state index in [0.717, 1.165) is 6.04 Å². The van der Waals surface area contributed by atoms with Gasteiger partial charge in [-0.2, -0.15) is 0 Å². The van der Waals surface area contributed by atoms with Crippen LogP contribution < -0.4 is 4.90 Å². The Hall–Kier alpha value is -0.540. The number of halogens is 1. The molecule has 0 spiro atoms. The molecule has 2 fully saturated rings. The quantitative estimate of drug-likeness (QED) is 0.825. The van der Waals surface area contributed by atoms with Gasteiger partial charge in [0.1, 0.15) is 0 Å². The Morgan fingerprint density at radius 1 is 1.33 bits per heavy atom. The van der Waals surface area contributed by atoms with Crippen molar-refractivity contribution in [2.24, 2.45) is 0 Å². The van der Waals surface area contributed by atoms with Crippen LogP contribution in [0.5, 0.6) is 0 Å². The molecule has 0 radical (unpaired) electrons. The van der Waals surface area contributed by atoms with E-state index >= 15 is 0 Å². The summed E-state index contributed by atoms with van der Waals surface area (Å²) in [5, 5.41) is 0. The predicted octanol–water partition coefficient (Wildman–Crippen LogP) is 3.51. The van der Waals surface area contributed by atoms with Gasteiger partial charge in [0.2, 0.25) is 0 Å². The summed E-state index contributed by atoms with van der Waals surface area (Å²) >= 11 is 3.59. The molecule has 0 bridgehead atoms. The molecule has 3 rings (SSSR count). The molecule has 3 heteroatoms. The molecular weight excluding hydrogens is 288 g/mol. The lowest BCUT2D eigenvalue weighted by Crippen LogP contribution is -2.56. The van der Waals surface area contributed by atoms with Crippen molar-refractivity contribution in [1.82, 2.24) is 4.90 Å². The summed E-state index contributed by atoms with van der Waals surface area (Å²) in [6.07, 6.45) is 3.99. The fourth-order valence-electron chi connectivity index (χ4n) is 3.41. The molecular formula is C15H21BrN2. The maximum absolute atomic E-state index is 3.59.